The fourth-order valence-electron chi connectivity index (χ4n) is 3.34. The van der Waals surface area contributed by atoms with Gasteiger partial charge in [-0.25, -0.2) is 13.1 Å². The van der Waals surface area contributed by atoms with Crippen LogP contribution in [0.3, 0.4) is 0 Å². The molecular weight excluding hydrogens is 382 g/mol. The van der Waals surface area contributed by atoms with E-state index in [1.165, 1.54) is 0 Å². The molecule has 0 unspecified atom stereocenters. The van der Waals surface area contributed by atoms with Gasteiger partial charge in [0.05, 0.1) is 11.0 Å². The van der Waals surface area contributed by atoms with Crippen molar-refractivity contribution >= 4 is 10.0 Å². The van der Waals surface area contributed by atoms with E-state index in [1.807, 2.05) is 67.6 Å². The molecule has 0 fully saturated rings. The monoisotopic (exact) mass is 409 g/mol. The number of aliphatic hydroxyl groups excluding tert-OH is 1. The lowest BCUT2D eigenvalue weighted by Crippen LogP contribution is -2.34. The summed E-state index contributed by atoms with van der Waals surface area (Å²) in [5.74, 6) is -0.333. The minimum Gasteiger partial charge on any atom is -0.392 e. The summed E-state index contributed by atoms with van der Waals surface area (Å²) in [6.45, 7) is 2.05. The van der Waals surface area contributed by atoms with Crippen LogP contribution in [-0.4, -0.2) is 26.2 Å². The van der Waals surface area contributed by atoms with Crippen LogP contribution in [0.1, 0.15) is 29.0 Å². The molecule has 0 radical (unpaired) electrons. The lowest BCUT2D eigenvalue weighted by atomic mass is 9.90. The molecule has 0 saturated carbocycles. The predicted octanol–water partition coefficient (Wildman–Crippen LogP) is 4.05. The van der Waals surface area contributed by atoms with Crippen molar-refractivity contribution in [1.82, 2.24) is 4.72 Å². The highest BCUT2D eigenvalue weighted by atomic mass is 32.2. The molecule has 0 aliphatic carbocycles. The molecule has 152 valence electrons. The van der Waals surface area contributed by atoms with E-state index in [9.17, 15) is 13.5 Å². The molecule has 3 aromatic rings. The lowest BCUT2D eigenvalue weighted by molar-refractivity contribution is 0.134. The fourth-order valence-corrected chi connectivity index (χ4v) is 4.40. The second-order valence-electron chi connectivity index (χ2n) is 7.27. The molecule has 0 spiro atoms. The molecule has 0 amide bonds. The summed E-state index contributed by atoms with van der Waals surface area (Å²) < 4.78 is 28.1. The van der Waals surface area contributed by atoms with E-state index in [-0.39, 0.29) is 17.4 Å². The van der Waals surface area contributed by atoms with E-state index in [4.69, 9.17) is 0 Å². The van der Waals surface area contributed by atoms with Crippen LogP contribution in [0.5, 0.6) is 0 Å². The molecule has 0 bridgehead atoms. The smallest absolute Gasteiger partial charge is 0.240 e. The number of hydrogen-bond donors (Lipinski definition) is 2. The molecule has 0 aromatic heterocycles. The standard InChI is InChI=1S/C24H27NO3S/c1-19-12-15-22(16-13-19)29(27,28)25-18-23(21-10-6-3-7-11-21)24(26)17-14-20-8-4-2-5-9-20/h2-13,15-16,23-26H,14,17-18H2,1H3/t23-,24+/m0/s1. The Labute approximate surface area is 173 Å². The van der Waals surface area contributed by atoms with E-state index in [1.54, 1.807) is 24.3 Å². The first-order valence-corrected chi connectivity index (χ1v) is 11.3. The highest BCUT2D eigenvalue weighted by Gasteiger charge is 2.24. The molecule has 2 N–H and O–H groups in total. The number of aliphatic hydroxyl groups is 1. The lowest BCUT2D eigenvalue weighted by Gasteiger charge is -2.24. The summed E-state index contributed by atoms with van der Waals surface area (Å²) in [7, 11) is -3.64. The second kappa shape index (κ2) is 9.83. The highest BCUT2D eigenvalue weighted by molar-refractivity contribution is 7.89. The molecule has 0 heterocycles. The third-order valence-electron chi connectivity index (χ3n) is 5.09. The summed E-state index contributed by atoms with van der Waals surface area (Å²) in [5, 5.41) is 10.9. The number of hydrogen-bond acceptors (Lipinski definition) is 3. The van der Waals surface area contributed by atoms with Crippen LogP contribution in [0, 0.1) is 6.92 Å². The SMILES string of the molecule is Cc1ccc(S(=O)(=O)NC[C@@H](c2ccccc2)[C@H](O)CCc2ccccc2)cc1. The average molecular weight is 410 g/mol. The topological polar surface area (TPSA) is 66.4 Å². The Kier molecular flexibility index (Phi) is 7.20. The summed E-state index contributed by atoms with van der Waals surface area (Å²) in [5.41, 5.74) is 3.07. The largest absolute Gasteiger partial charge is 0.392 e. The van der Waals surface area contributed by atoms with Crippen molar-refractivity contribution in [2.45, 2.75) is 36.7 Å². The first-order valence-electron chi connectivity index (χ1n) is 9.79. The molecule has 3 aromatic carbocycles. The minimum absolute atomic E-state index is 0.135. The third-order valence-corrected chi connectivity index (χ3v) is 6.53. The van der Waals surface area contributed by atoms with Gasteiger partial charge in [0.15, 0.2) is 0 Å². The van der Waals surface area contributed by atoms with Gasteiger partial charge < -0.3 is 5.11 Å². The first-order chi connectivity index (χ1) is 14.0. The van der Waals surface area contributed by atoms with Gasteiger partial charge in [0.2, 0.25) is 10.0 Å². The predicted molar refractivity (Wildman–Crippen MR) is 116 cm³/mol. The van der Waals surface area contributed by atoms with E-state index in [2.05, 4.69) is 4.72 Å². The number of aryl methyl sites for hydroxylation is 2. The molecule has 5 heteroatoms. The Morgan fingerprint density at radius 2 is 1.45 bits per heavy atom. The maximum atomic E-state index is 12.7. The van der Waals surface area contributed by atoms with Gasteiger partial charge >= 0.3 is 0 Å². The van der Waals surface area contributed by atoms with Crippen LogP contribution < -0.4 is 4.72 Å². The van der Waals surface area contributed by atoms with E-state index < -0.39 is 16.1 Å². The normalized spacial score (nSPS) is 13.7. The van der Waals surface area contributed by atoms with Crippen molar-refractivity contribution in [2.24, 2.45) is 0 Å². The summed E-state index contributed by atoms with van der Waals surface area (Å²) >= 11 is 0. The van der Waals surface area contributed by atoms with E-state index >= 15 is 0 Å². The number of nitrogens with one attached hydrogen (secondary N) is 1. The van der Waals surface area contributed by atoms with Gasteiger partial charge in [0.25, 0.3) is 0 Å². The van der Waals surface area contributed by atoms with Crippen LogP contribution in [0.2, 0.25) is 0 Å². The van der Waals surface area contributed by atoms with Crippen LogP contribution >= 0.6 is 0 Å². The van der Waals surface area contributed by atoms with Gasteiger partial charge in [-0.3, -0.25) is 0 Å². The first kappa shape index (κ1) is 21.2. The number of benzene rings is 3. The maximum absolute atomic E-state index is 12.7. The summed E-state index contributed by atoms with van der Waals surface area (Å²) in [6, 6.07) is 26.3. The van der Waals surface area contributed by atoms with Crippen LogP contribution in [0.15, 0.2) is 89.8 Å². The quantitative estimate of drug-likeness (QED) is 0.560. The minimum atomic E-state index is -3.64. The molecule has 2 atom stereocenters. The maximum Gasteiger partial charge on any atom is 0.240 e. The molecule has 0 saturated heterocycles. The zero-order chi connectivity index (χ0) is 20.7. The average Bonchev–Trinajstić information content (AvgIpc) is 2.74. The molecule has 4 nitrogen and oxygen atoms in total. The summed E-state index contributed by atoms with van der Waals surface area (Å²) in [4.78, 5) is 0.230. The second-order valence-corrected chi connectivity index (χ2v) is 9.04. The molecule has 29 heavy (non-hydrogen) atoms. The Bertz CT molecular complexity index is 987. The Hall–Kier alpha value is -2.47. The van der Waals surface area contributed by atoms with Gasteiger partial charge in [-0.15, -0.1) is 0 Å². The van der Waals surface area contributed by atoms with E-state index in [0.29, 0.717) is 6.42 Å². The molecule has 0 aliphatic rings. The van der Waals surface area contributed by atoms with Gasteiger partial charge in [0.1, 0.15) is 0 Å². The Morgan fingerprint density at radius 3 is 2.07 bits per heavy atom. The van der Waals surface area contributed by atoms with E-state index in [0.717, 1.165) is 23.1 Å². The van der Waals surface area contributed by atoms with Crippen LogP contribution in [0.25, 0.3) is 0 Å². The number of rotatable bonds is 9. The Balaban J connectivity index is 1.72. The molecule has 0 aliphatic heterocycles. The third kappa shape index (κ3) is 6.00. The van der Waals surface area contributed by atoms with Gasteiger partial charge in [0, 0.05) is 12.5 Å². The zero-order valence-electron chi connectivity index (χ0n) is 16.5. The van der Waals surface area contributed by atoms with Crippen LogP contribution in [0.4, 0.5) is 0 Å². The fraction of sp³-hybridized carbons (Fsp3) is 0.250. The molecule has 3 rings (SSSR count). The van der Waals surface area contributed by atoms with Crippen molar-refractivity contribution in [3.8, 4) is 0 Å². The van der Waals surface area contributed by atoms with Gasteiger partial charge in [-0.1, -0.05) is 78.4 Å². The highest BCUT2D eigenvalue weighted by Crippen LogP contribution is 2.23. The van der Waals surface area contributed by atoms with Crippen molar-refractivity contribution < 1.29 is 13.5 Å². The van der Waals surface area contributed by atoms with Gasteiger partial charge in [-0.05, 0) is 43.0 Å². The Morgan fingerprint density at radius 1 is 0.862 bits per heavy atom. The number of sulfonamides is 1. The zero-order valence-corrected chi connectivity index (χ0v) is 17.3. The summed E-state index contributed by atoms with van der Waals surface area (Å²) in [6.07, 6.45) is 0.615. The molecular formula is C24H27NO3S. The van der Waals surface area contributed by atoms with Crippen molar-refractivity contribution in [1.29, 1.82) is 0 Å². The van der Waals surface area contributed by atoms with Crippen molar-refractivity contribution in [3.63, 3.8) is 0 Å². The van der Waals surface area contributed by atoms with Crippen molar-refractivity contribution in [3.05, 3.63) is 102 Å². The van der Waals surface area contributed by atoms with Crippen molar-refractivity contribution in [2.75, 3.05) is 6.54 Å². The van der Waals surface area contributed by atoms with Crippen LogP contribution in [-0.2, 0) is 16.4 Å². The van der Waals surface area contributed by atoms with Gasteiger partial charge in [-0.2, -0.15) is 0 Å².